The quantitative estimate of drug-likeness (QED) is 0.868. The van der Waals surface area contributed by atoms with Crippen molar-refractivity contribution < 1.29 is 9.47 Å². The van der Waals surface area contributed by atoms with Crippen LogP contribution in [0.5, 0.6) is 11.5 Å². The lowest BCUT2D eigenvalue weighted by Gasteiger charge is -2.36. The van der Waals surface area contributed by atoms with Crippen molar-refractivity contribution >= 4 is 0 Å². The molecular weight excluding hydrogens is 290 g/mol. The van der Waals surface area contributed by atoms with Crippen LogP contribution in [-0.2, 0) is 6.54 Å². The van der Waals surface area contributed by atoms with Crippen molar-refractivity contribution in [1.29, 1.82) is 0 Å². The van der Waals surface area contributed by atoms with Crippen LogP contribution in [0.1, 0.15) is 25.8 Å². The van der Waals surface area contributed by atoms with Crippen LogP contribution in [-0.4, -0.2) is 55.4 Å². The van der Waals surface area contributed by atoms with E-state index in [-0.39, 0.29) is 0 Å². The van der Waals surface area contributed by atoms with Gasteiger partial charge in [0.05, 0.1) is 0 Å². The minimum Gasteiger partial charge on any atom is -0.454 e. The molecule has 2 N–H and O–H groups in total. The average molecular weight is 319 g/mol. The van der Waals surface area contributed by atoms with E-state index in [0.29, 0.717) is 18.8 Å². The summed E-state index contributed by atoms with van der Waals surface area (Å²) in [7, 11) is 0. The molecule has 2 heterocycles. The van der Waals surface area contributed by atoms with E-state index in [1.54, 1.807) is 0 Å². The first-order valence-corrected chi connectivity index (χ1v) is 8.74. The van der Waals surface area contributed by atoms with Gasteiger partial charge in [0.15, 0.2) is 11.5 Å². The summed E-state index contributed by atoms with van der Waals surface area (Å²) in [5.74, 6) is 2.33. The van der Waals surface area contributed by atoms with E-state index in [1.807, 2.05) is 6.07 Å². The molecule has 5 heteroatoms. The number of hydrogen-bond donors (Lipinski definition) is 1. The summed E-state index contributed by atoms with van der Waals surface area (Å²) < 4.78 is 10.8. The van der Waals surface area contributed by atoms with Gasteiger partial charge in [0.2, 0.25) is 6.79 Å². The number of nitrogens with zero attached hydrogens (tertiary/aromatic N) is 2. The molecule has 2 atom stereocenters. The predicted octanol–water partition coefficient (Wildman–Crippen LogP) is 1.91. The number of benzene rings is 1. The number of nitrogens with two attached hydrogens (primary N) is 1. The van der Waals surface area contributed by atoms with Crippen molar-refractivity contribution in [2.45, 2.75) is 32.9 Å². The highest BCUT2D eigenvalue weighted by Crippen LogP contribution is 2.32. The third-order valence-electron chi connectivity index (χ3n) is 5.15. The zero-order chi connectivity index (χ0) is 16.2. The first kappa shape index (κ1) is 16.6. The van der Waals surface area contributed by atoms with E-state index in [9.17, 15) is 0 Å². The molecule has 2 aliphatic rings. The van der Waals surface area contributed by atoms with Gasteiger partial charge in [0.25, 0.3) is 0 Å². The van der Waals surface area contributed by atoms with E-state index in [0.717, 1.165) is 57.2 Å². The highest BCUT2D eigenvalue weighted by atomic mass is 16.7. The first-order chi connectivity index (χ1) is 11.2. The van der Waals surface area contributed by atoms with Crippen LogP contribution in [0.25, 0.3) is 0 Å². The first-order valence-electron chi connectivity index (χ1n) is 8.74. The zero-order valence-electron chi connectivity index (χ0n) is 14.3. The number of fused-ring (bicyclic) bond motifs is 1. The molecule has 3 rings (SSSR count). The van der Waals surface area contributed by atoms with Gasteiger partial charge in [0.1, 0.15) is 0 Å². The Labute approximate surface area is 139 Å². The summed E-state index contributed by atoms with van der Waals surface area (Å²) in [4.78, 5) is 5.01. The average Bonchev–Trinajstić information content (AvgIpc) is 3.03. The molecule has 0 aromatic heterocycles. The maximum Gasteiger partial charge on any atom is 0.231 e. The smallest absolute Gasteiger partial charge is 0.231 e. The molecule has 128 valence electrons. The molecule has 1 fully saturated rings. The van der Waals surface area contributed by atoms with Crippen LogP contribution < -0.4 is 15.2 Å². The Hall–Kier alpha value is -1.30. The molecule has 23 heavy (non-hydrogen) atoms. The van der Waals surface area contributed by atoms with E-state index in [2.05, 4.69) is 35.8 Å². The Morgan fingerprint density at radius 1 is 1.09 bits per heavy atom. The van der Waals surface area contributed by atoms with E-state index >= 15 is 0 Å². The number of piperazine rings is 1. The van der Waals surface area contributed by atoms with Crippen molar-refractivity contribution in [1.82, 2.24) is 9.80 Å². The molecule has 0 amide bonds. The molecule has 0 bridgehead atoms. The Morgan fingerprint density at radius 2 is 1.78 bits per heavy atom. The maximum atomic E-state index is 6.29. The van der Waals surface area contributed by atoms with Crippen molar-refractivity contribution in [2.75, 3.05) is 39.5 Å². The van der Waals surface area contributed by atoms with Crippen molar-refractivity contribution in [3.05, 3.63) is 23.8 Å². The summed E-state index contributed by atoms with van der Waals surface area (Å²) in [6.45, 7) is 11.2. The molecule has 1 aromatic rings. The van der Waals surface area contributed by atoms with Gasteiger partial charge in [-0.15, -0.1) is 0 Å². The summed E-state index contributed by atoms with van der Waals surface area (Å²) in [6, 6.07) is 6.55. The maximum absolute atomic E-state index is 6.29. The van der Waals surface area contributed by atoms with Crippen LogP contribution in [0.2, 0.25) is 0 Å². The van der Waals surface area contributed by atoms with Crippen molar-refractivity contribution in [3.8, 4) is 11.5 Å². The fourth-order valence-electron chi connectivity index (χ4n) is 3.21. The Balaban J connectivity index is 1.46. The Morgan fingerprint density at radius 3 is 2.52 bits per heavy atom. The van der Waals surface area contributed by atoms with Gasteiger partial charge in [-0.1, -0.05) is 26.3 Å². The molecule has 0 saturated carbocycles. The lowest BCUT2D eigenvalue weighted by molar-refractivity contribution is 0.116. The lowest BCUT2D eigenvalue weighted by Crippen LogP contribution is -2.50. The standard InChI is InChI=1S/C18H29N3O2/c1-3-14(2)16(19)12-21-8-6-20(7-9-21)11-15-4-5-17-18(10-15)23-13-22-17/h4-5,10,14,16H,3,6-9,11-13,19H2,1-2H3/t14?,16-/m1/s1. The largest absolute Gasteiger partial charge is 0.454 e. The molecule has 5 nitrogen and oxygen atoms in total. The lowest BCUT2D eigenvalue weighted by atomic mass is 9.99. The van der Waals surface area contributed by atoms with Gasteiger partial charge in [0, 0.05) is 45.3 Å². The number of rotatable bonds is 6. The van der Waals surface area contributed by atoms with Crippen LogP contribution >= 0.6 is 0 Å². The molecule has 1 aromatic carbocycles. The predicted molar refractivity (Wildman–Crippen MR) is 91.7 cm³/mol. The fraction of sp³-hybridized carbons (Fsp3) is 0.667. The van der Waals surface area contributed by atoms with Gasteiger partial charge >= 0.3 is 0 Å². The SMILES string of the molecule is CCC(C)[C@H](N)CN1CCN(Cc2ccc3c(c2)OCO3)CC1. The monoisotopic (exact) mass is 319 g/mol. The molecule has 2 aliphatic heterocycles. The third kappa shape index (κ3) is 4.16. The highest BCUT2D eigenvalue weighted by molar-refractivity contribution is 5.44. The molecule has 1 unspecified atom stereocenters. The van der Waals surface area contributed by atoms with Crippen LogP contribution in [0.15, 0.2) is 18.2 Å². The second kappa shape index (κ2) is 7.51. The van der Waals surface area contributed by atoms with Crippen LogP contribution in [0.3, 0.4) is 0 Å². The Kier molecular flexibility index (Phi) is 5.41. The van der Waals surface area contributed by atoms with E-state index in [4.69, 9.17) is 15.2 Å². The summed E-state index contributed by atoms with van der Waals surface area (Å²) in [6.07, 6.45) is 1.16. The number of hydrogen-bond acceptors (Lipinski definition) is 5. The molecule has 0 spiro atoms. The highest BCUT2D eigenvalue weighted by Gasteiger charge is 2.21. The van der Waals surface area contributed by atoms with Crippen molar-refractivity contribution in [2.24, 2.45) is 11.7 Å². The normalized spacial score (nSPS) is 21.3. The zero-order valence-corrected chi connectivity index (χ0v) is 14.3. The topological polar surface area (TPSA) is 51.0 Å². The summed E-state index contributed by atoms with van der Waals surface area (Å²) in [5, 5.41) is 0. The van der Waals surface area contributed by atoms with Gasteiger partial charge in [-0.2, -0.15) is 0 Å². The second-order valence-electron chi connectivity index (χ2n) is 6.81. The minimum absolute atomic E-state index is 0.292. The summed E-state index contributed by atoms with van der Waals surface area (Å²) in [5.41, 5.74) is 7.58. The summed E-state index contributed by atoms with van der Waals surface area (Å²) >= 11 is 0. The third-order valence-corrected chi connectivity index (χ3v) is 5.15. The van der Waals surface area contributed by atoms with Gasteiger partial charge in [-0.3, -0.25) is 9.80 Å². The van der Waals surface area contributed by atoms with Crippen molar-refractivity contribution in [3.63, 3.8) is 0 Å². The minimum atomic E-state index is 0.292. The van der Waals surface area contributed by atoms with Gasteiger partial charge in [-0.25, -0.2) is 0 Å². The number of ether oxygens (including phenoxy) is 2. The van der Waals surface area contributed by atoms with Gasteiger partial charge in [-0.05, 0) is 23.6 Å². The van der Waals surface area contributed by atoms with Crippen LogP contribution in [0, 0.1) is 5.92 Å². The molecule has 0 radical (unpaired) electrons. The molecule has 1 saturated heterocycles. The fourth-order valence-corrected chi connectivity index (χ4v) is 3.21. The van der Waals surface area contributed by atoms with Gasteiger partial charge < -0.3 is 15.2 Å². The van der Waals surface area contributed by atoms with E-state index < -0.39 is 0 Å². The molecule has 0 aliphatic carbocycles. The Bertz CT molecular complexity index is 515. The second-order valence-corrected chi connectivity index (χ2v) is 6.81. The van der Waals surface area contributed by atoms with Crippen LogP contribution in [0.4, 0.5) is 0 Å². The van der Waals surface area contributed by atoms with E-state index in [1.165, 1.54) is 5.56 Å². The molecular formula is C18H29N3O2.